The minimum absolute atomic E-state index is 0.0687. The van der Waals surface area contributed by atoms with E-state index in [9.17, 15) is 18.5 Å². The number of nitro groups is 1. The summed E-state index contributed by atoms with van der Waals surface area (Å²) in [4.78, 5) is 10.3. The molecule has 0 unspecified atom stereocenters. The Morgan fingerprint density at radius 1 is 1.09 bits per heavy atom. The van der Waals surface area contributed by atoms with Crippen LogP contribution in [-0.4, -0.2) is 48.0 Å². The van der Waals surface area contributed by atoms with Crippen molar-refractivity contribution >= 4 is 27.0 Å². The van der Waals surface area contributed by atoms with E-state index in [1.165, 1.54) is 28.6 Å². The Hall–Kier alpha value is -2.89. The number of rotatable bonds is 7. The van der Waals surface area contributed by atoms with Crippen molar-refractivity contribution in [2.24, 2.45) is 0 Å². The van der Waals surface area contributed by atoms with E-state index in [0.717, 1.165) is 21.3 Å². The fraction of sp³-hybridized carbons (Fsp3) is 0.333. The van der Waals surface area contributed by atoms with Crippen LogP contribution >= 0.6 is 11.3 Å². The molecule has 1 aromatic heterocycles. The van der Waals surface area contributed by atoms with Crippen LogP contribution in [0, 0.1) is 10.1 Å². The van der Waals surface area contributed by atoms with Crippen LogP contribution in [0.1, 0.15) is 34.3 Å². The average molecular weight is 475 g/mol. The average Bonchev–Trinajstić information content (AvgIpc) is 3.28. The lowest BCUT2D eigenvalue weighted by molar-refractivity contribution is -0.384. The SMILES string of the molecule is COc1ccc(Cc2nnc(C3CCN(S(=O)(=O)c4ccc([N+](=O)[O-])cc4)CC3)s2)cc1. The standard InChI is InChI=1S/C21H22N4O5S2/c1-30-18-6-2-15(3-7-18)14-20-22-23-21(31-20)16-10-12-24(13-11-16)32(28,29)19-8-4-17(5-9-19)25(26)27/h2-9,16H,10-14H2,1H3. The molecule has 0 N–H and O–H groups in total. The molecule has 0 atom stereocenters. The van der Waals surface area contributed by atoms with Gasteiger partial charge in [-0.15, -0.1) is 21.5 Å². The lowest BCUT2D eigenvalue weighted by Gasteiger charge is -2.30. The van der Waals surface area contributed by atoms with Crippen molar-refractivity contribution < 1.29 is 18.1 Å². The van der Waals surface area contributed by atoms with Gasteiger partial charge in [-0.2, -0.15) is 4.31 Å². The number of methoxy groups -OCH3 is 1. The largest absolute Gasteiger partial charge is 0.497 e. The van der Waals surface area contributed by atoms with E-state index < -0.39 is 14.9 Å². The molecular formula is C21H22N4O5S2. The maximum Gasteiger partial charge on any atom is 0.269 e. The summed E-state index contributed by atoms with van der Waals surface area (Å²) >= 11 is 1.57. The minimum atomic E-state index is -3.68. The lowest BCUT2D eigenvalue weighted by atomic mass is 9.99. The van der Waals surface area contributed by atoms with Gasteiger partial charge in [-0.05, 0) is 42.7 Å². The zero-order valence-electron chi connectivity index (χ0n) is 17.4. The zero-order chi connectivity index (χ0) is 22.7. The summed E-state index contributed by atoms with van der Waals surface area (Å²) in [7, 11) is -2.05. The van der Waals surface area contributed by atoms with Gasteiger partial charge in [-0.3, -0.25) is 10.1 Å². The van der Waals surface area contributed by atoms with Crippen LogP contribution in [0.3, 0.4) is 0 Å². The summed E-state index contributed by atoms with van der Waals surface area (Å²) in [6.07, 6.45) is 2.00. The molecule has 0 amide bonds. The molecule has 1 aliphatic heterocycles. The van der Waals surface area contributed by atoms with Gasteiger partial charge in [0.05, 0.1) is 16.9 Å². The maximum absolute atomic E-state index is 12.9. The minimum Gasteiger partial charge on any atom is -0.497 e. The first-order chi connectivity index (χ1) is 15.4. The number of ether oxygens (including phenoxy) is 1. The van der Waals surface area contributed by atoms with Crippen LogP contribution in [0.2, 0.25) is 0 Å². The normalized spacial score (nSPS) is 15.5. The van der Waals surface area contributed by atoms with Crippen molar-refractivity contribution in [2.45, 2.75) is 30.1 Å². The van der Waals surface area contributed by atoms with Crippen LogP contribution in [0.5, 0.6) is 5.75 Å². The van der Waals surface area contributed by atoms with Gasteiger partial charge in [0.1, 0.15) is 15.8 Å². The Kier molecular flexibility index (Phi) is 6.49. The van der Waals surface area contributed by atoms with Gasteiger partial charge >= 0.3 is 0 Å². The second-order valence-electron chi connectivity index (χ2n) is 7.49. The highest BCUT2D eigenvalue weighted by Gasteiger charge is 2.31. The fourth-order valence-electron chi connectivity index (χ4n) is 3.65. The molecular weight excluding hydrogens is 452 g/mol. The third-order valence-corrected chi connectivity index (χ3v) is 8.48. The Morgan fingerprint density at radius 2 is 1.75 bits per heavy atom. The summed E-state index contributed by atoms with van der Waals surface area (Å²) in [5, 5.41) is 21.3. The molecule has 2 heterocycles. The van der Waals surface area contributed by atoms with Gasteiger partial charge in [-0.1, -0.05) is 12.1 Å². The third kappa shape index (κ3) is 4.79. The van der Waals surface area contributed by atoms with Gasteiger partial charge in [-0.25, -0.2) is 8.42 Å². The second-order valence-corrected chi connectivity index (χ2v) is 10.5. The quantitative estimate of drug-likeness (QED) is 0.379. The highest BCUT2D eigenvalue weighted by Crippen LogP contribution is 2.33. The molecule has 4 rings (SSSR count). The Balaban J connectivity index is 1.37. The van der Waals surface area contributed by atoms with Crippen LogP contribution in [0.4, 0.5) is 5.69 Å². The van der Waals surface area contributed by atoms with E-state index >= 15 is 0 Å². The number of benzene rings is 2. The Bertz CT molecular complexity index is 1190. The molecule has 1 fully saturated rings. The van der Waals surface area contributed by atoms with E-state index in [1.54, 1.807) is 18.4 Å². The van der Waals surface area contributed by atoms with E-state index in [1.807, 2.05) is 24.3 Å². The number of nitrogens with zero attached hydrogens (tertiary/aromatic N) is 4. The molecule has 3 aromatic rings. The summed E-state index contributed by atoms with van der Waals surface area (Å²) in [5.41, 5.74) is 0.988. The van der Waals surface area contributed by atoms with Gasteiger partial charge in [0.25, 0.3) is 5.69 Å². The van der Waals surface area contributed by atoms with E-state index in [2.05, 4.69) is 10.2 Å². The molecule has 0 bridgehead atoms. The molecule has 0 saturated carbocycles. The van der Waals surface area contributed by atoms with Crippen LogP contribution in [0.25, 0.3) is 0 Å². The van der Waals surface area contributed by atoms with Crippen LogP contribution < -0.4 is 4.74 Å². The van der Waals surface area contributed by atoms with E-state index in [0.29, 0.717) is 32.4 Å². The summed E-state index contributed by atoms with van der Waals surface area (Å²) in [5.74, 6) is 0.975. The van der Waals surface area contributed by atoms with Crippen molar-refractivity contribution in [3.8, 4) is 5.75 Å². The Morgan fingerprint density at radius 3 is 2.34 bits per heavy atom. The number of non-ortho nitro benzene ring substituents is 1. The smallest absolute Gasteiger partial charge is 0.269 e. The van der Waals surface area contributed by atoms with Crippen molar-refractivity contribution in [2.75, 3.05) is 20.2 Å². The highest BCUT2D eigenvalue weighted by atomic mass is 32.2. The van der Waals surface area contributed by atoms with E-state index in [-0.39, 0.29) is 16.5 Å². The first-order valence-corrected chi connectivity index (χ1v) is 12.3. The van der Waals surface area contributed by atoms with Crippen molar-refractivity contribution in [3.05, 3.63) is 74.2 Å². The summed E-state index contributed by atoms with van der Waals surface area (Å²) < 4.78 is 32.4. The monoisotopic (exact) mass is 474 g/mol. The van der Waals surface area contributed by atoms with Crippen molar-refractivity contribution in [1.29, 1.82) is 0 Å². The van der Waals surface area contributed by atoms with Gasteiger partial charge in [0.2, 0.25) is 10.0 Å². The molecule has 2 aromatic carbocycles. The van der Waals surface area contributed by atoms with Crippen LogP contribution in [-0.2, 0) is 16.4 Å². The molecule has 0 radical (unpaired) electrons. The molecule has 0 aliphatic carbocycles. The molecule has 32 heavy (non-hydrogen) atoms. The topological polar surface area (TPSA) is 116 Å². The second kappa shape index (κ2) is 9.31. The molecule has 168 valence electrons. The van der Waals surface area contributed by atoms with Crippen molar-refractivity contribution in [3.63, 3.8) is 0 Å². The maximum atomic E-state index is 12.9. The van der Waals surface area contributed by atoms with Gasteiger partial charge < -0.3 is 4.74 Å². The van der Waals surface area contributed by atoms with Gasteiger partial charge in [0, 0.05) is 37.6 Å². The number of hydrogen-bond acceptors (Lipinski definition) is 8. The van der Waals surface area contributed by atoms with E-state index in [4.69, 9.17) is 4.74 Å². The fourth-order valence-corrected chi connectivity index (χ4v) is 6.17. The third-order valence-electron chi connectivity index (χ3n) is 5.49. The number of nitro benzene ring substituents is 1. The van der Waals surface area contributed by atoms with Crippen molar-refractivity contribution in [1.82, 2.24) is 14.5 Å². The van der Waals surface area contributed by atoms with Crippen LogP contribution in [0.15, 0.2) is 53.4 Å². The summed E-state index contributed by atoms with van der Waals surface area (Å²) in [6.45, 7) is 0.745. The highest BCUT2D eigenvalue weighted by molar-refractivity contribution is 7.89. The molecule has 1 saturated heterocycles. The number of hydrogen-bond donors (Lipinski definition) is 0. The Labute approximate surface area is 189 Å². The zero-order valence-corrected chi connectivity index (χ0v) is 19.0. The lowest BCUT2D eigenvalue weighted by Crippen LogP contribution is -2.37. The molecule has 0 spiro atoms. The molecule has 9 nitrogen and oxygen atoms in total. The molecule has 1 aliphatic rings. The predicted molar refractivity (Wildman–Crippen MR) is 120 cm³/mol. The summed E-state index contributed by atoms with van der Waals surface area (Å²) in [6, 6.07) is 12.8. The first kappa shape index (κ1) is 22.3. The number of piperidine rings is 1. The number of aromatic nitrogens is 2. The first-order valence-electron chi connectivity index (χ1n) is 10.1. The van der Waals surface area contributed by atoms with Gasteiger partial charge in [0.15, 0.2) is 0 Å². The number of sulfonamides is 1. The molecule has 11 heteroatoms. The predicted octanol–water partition coefficient (Wildman–Crippen LogP) is 3.61.